The van der Waals surface area contributed by atoms with Crippen LogP contribution in [0.3, 0.4) is 0 Å². The van der Waals surface area contributed by atoms with E-state index in [-0.39, 0.29) is 5.82 Å². The fourth-order valence-electron chi connectivity index (χ4n) is 3.43. The van der Waals surface area contributed by atoms with Crippen LogP contribution in [-0.2, 0) is 13.0 Å². The Labute approximate surface area is 146 Å². The summed E-state index contributed by atoms with van der Waals surface area (Å²) in [6.07, 6.45) is 3.42. The molecule has 0 bridgehead atoms. The van der Waals surface area contributed by atoms with Gasteiger partial charge in [0, 0.05) is 11.6 Å². The molecule has 0 N–H and O–H groups in total. The Balaban J connectivity index is 1.43. The van der Waals surface area contributed by atoms with Crippen molar-refractivity contribution in [2.45, 2.75) is 31.8 Å². The zero-order chi connectivity index (χ0) is 17.1. The molecule has 2 heterocycles. The van der Waals surface area contributed by atoms with Gasteiger partial charge >= 0.3 is 0 Å². The van der Waals surface area contributed by atoms with Crippen molar-refractivity contribution in [3.05, 3.63) is 71.9 Å². The molecule has 0 amide bonds. The number of nitrogens with zero attached hydrogens (tertiary/aromatic N) is 3. The predicted molar refractivity (Wildman–Crippen MR) is 93.3 cm³/mol. The second kappa shape index (κ2) is 7.15. The van der Waals surface area contributed by atoms with Crippen molar-refractivity contribution in [3.63, 3.8) is 0 Å². The third-order valence-corrected chi connectivity index (χ3v) is 4.72. The van der Waals surface area contributed by atoms with Crippen molar-refractivity contribution in [3.8, 4) is 11.4 Å². The molecule has 2 aromatic carbocycles. The van der Waals surface area contributed by atoms with E-state index in [9.17, 15) is 4.39 Å². The number of halogens is 1. The van der Waals surface area contributed by atoms with E-state index in [4.69, 9.17) is 4.52 Å². The number of hydrogen-bond donors (Lipinski definition) is 0. The largest absolute Gasteiger partial charge is 0.338 e. The highest BCUT2D eigenvalue weighted by Gasteiger charge is 2.26. The molecule has 1 atom stereocenters. The van der Waals surface area contributed by atoms with Crippen molar-refractivity contribution in [1.29, 1.82) is 0 Å². The van der Waals surface area contributed by atoms with E-state index < -0.39 is 0 Å². The topological polar surface area (TPSA) is 42.2 Å². The average molecular weight is 337 g/mol. The molecule has 0 aliphatic carbocycles. The van der Waals surface area contributed by atoms with E-state index in [1.165, 1.54) is 30.5 Å². The molecule has 1 aromatic heterocycles. The van der Waals surface area contributed by atoms with Crippen LogP contribution in [0.1, 0.15) is 24.3 Å². The Bertz CT molecular complexity index is 816. The fraction of sp³-hybridized carbons (Fsp3) is 0.300. The highest BCUT2D eigenvalue weighted by Crippen LogP contribution is 2.24. The lowest BCUT2D eigenvalue weighted by Gasteiger charge is -2.22. The zero-order valence-electron chi connectivity index (χ0n) is 13.9. The van der Waals surface area contributed by atoms with Crippen molar-refractivity contribution in [1.82, 2.24) is 15.0 Å². The first kappa shape index (κ1) is 16.0. The Kier molecular flexibility index (Phi) is 4.57. The Hall–Kier alpha value is -2.53. The smallest absolute Gasteiger partial charge is 0.241 e. The molecule has 128 valence electrons. The molecule has 0 saturated carbocycles. The quantitative estimate of drug-likeness (QED) is 0.703. The van der Waals surface area contributed by atoms with Gasteiger partial charge in [0.1, 0.15) is 5.82 Å². The van der Waals surface area contributed by atoms with Crippen LogP contribution < -0.4 is 0 Å². The third-order valence-electron chi connectivity index (χ3n) is 4.72. The van der Waals surface area contributed by atoms with Crippen LogP contribution in [0.25, 0.3) is 11.4 Å². The van der Waals surface area contributed by atoms with Crippen LogP contribution in [0.5, 0.6) is 0 Å². The van der Waals surface area contributed by atoms with Gasteiger partial charge in [-0.05, 0) is 55.6 Å². The summed E-state index contributed by atoms with van der Waals surface area (Å²) in [7, 11) is 0. The highest BCUT2D eigenvalue weighted by atomic mass is 19.1. The van der Waals surface area contributed by atoms with Crippen LogP contribution in [-0.4, -0.2) is 27.6 Å². The lowest BCUT2D eigenvalue weighted by atomic mass is 10.0. The van der Waals surface area contributed by atoms with Gasteiger partial charge in [0.15, 0.2) is 0 Å². The van der Waals surface area contributed by atoms with E-state index in [0.717, 1.165) is 18.5 Å². The van der Waals surface area contributed by atoms with E-state index >= 15 is 0 Å². The van der Waals surface area contributed by atoms with Gasteiger partial charge in [-0.3, -0.25) is 4.90 Å². The number of likely N-dealkylation sites (tertiary alicyclic amines) is 1. The normalized spacial score (nSPS) is 17.9. The summed E-state index contributed by atoms with van der Waals surface area (Å²) in [5.74, 6) is 0.849. The van der Waals surface area contributed by atoms with Crippen LogP contribution in [0.2, 0.25) is 0 Å². The van der Waals surface area contributed by atoms with Crippen molar-refractivity contribution in [2.24, 2.45) is 0 Å². The molecular formula is C20H20FN3O. The summed E-state index contributed by atoms with van der Waals surface area (Å²) in [6.45, 7) is 1.71. The molecule has 1 fully saturated rings. The van der Waals surface area contributed by atoms with E-state index in [0.29, 0.717) is 24.3 Å². The minimum atomic E-state index is -0.270. The van der Waals surface area contributed by atoms with Crippen molar-refractivity contribution >= 4 is 0 Å². The van der Waals surface area contributed by atoms with Gasteiger partial charge in [-0.15, -0.1) is 0 Å². The summed E-state index contributed by atoms with van der Waals surface area (Å²) < 4.78 is 18.4. The third kappa shape index (κ3) is 3.77. The molecule has 0 spiro atoms. The maximum Gasteiger partial charge on any atom is 0.241 e. The van der Waals surface area contributed by atoms with Gasteiger partial charge in [0.2, 0.25) is 11.7 Å². The van der Waals surface area contributed by atoms with Crippen LogP contribution in [0, 0.1) is 5.82 Å². The molecule has 5 heteroatoms. The van der Waals surface area contributed by atoms with Crippen LogP contribution in [0.4, 0.5) is 4.39 Å². The van der Waals surface area contributed by atoms with Gasteiger partial charge in [0.05, 0.1) is 6.54 Å². The minimum Gasteiger partial charge on any atom is -0.338 e. The molecule has 0 unspecified atom stereocenters. The average Bonchev–Trinajstić information content (AvgIpc) is 3.27. The molecule has 1 aliphatic rings. The van der Waals surface area contributed by atoms with E-state index in [1.807, 2.05) is 6.07 Å². The molecule has 0 radical (unpaired) electrons. The van der Waals surface area contributed by atoms with Crippen LogP contribution >= 0.6 is 0 Å². The number of aromatic nitrogens is 2. The SMILES string of the molecule is Fc1ccc(-c2noc(CN3CCC[C@@H]3Cc3ccccc3)n2)cc1. The monoisotopic (exact) mass is 337 g/mol. The van der Waals surface area contributed by atoms with Crippen molar-refractivity contribution < 1.29 is 8.91 Å². The summed E-state index contributed by atoms with van der Waals surface area (Å²) >= 11 is 0. The lowest BCUT2D eigenvalue weighted by Crippen LogP contribution is -2.30. The second-order valence-electron chi connectivity index (χ2n) is 6.47. The first-order valence-corrected chi connectivity index (χ1v) is 8.64. The summed E-state index contributed by atoms with van der Waals surface area (Å²) in [5.41, 5.74) is 2.12. The zero-order valence-corrected chi connectivity index (χ0v) is 13.9. The van der Waals surface area contributed by atoms with E-state index in [1.54, 1.807) is 12.1 Å². The first-order valence-electron chi connectivity index (χ1n) is 8.64. The molecule has 4 nitrogen and oxygen atoms in total. The number of hydrogen-bond acceptors (Lipinski definition) is 4. The minimum absolute atomic E-state index is 0.270. The Morgan fingerprint density at radius 2 is 1.88 bits per heavy atom. The summed E-state index contributed by atoms with van der Waals surface area (Å²) in [5, 5.41) is 4.03. The fourth-order valence-corrected chi connectivity index (χ4v) is 3.43. The Morgan fingerprint density at radius 3 is 2.68 bits per heavy atom. The summed E-state index contributed by atoms with van der Waals surface area (Å²) in [4.78, 5) is 6.88. The molecular weight excluding hydrogens is 317 g/mol. The number of benzene rings is 2. The lowest BCUT2D eigenvalue weighted by molar-refractivity contribution is 0.210. The van der Waals surface area contributed by atoms with Gasteiger partial charge in [-0.1, -0.05) is 35.5 Å². The van der Waals surface area contributed by atoms with Gasteiger partial charge in [-0.25, -0.2) is 4.39 Å². The molecule has 1 aliphatic heterocycles. The predicted octanol–water partition coefficient (Wildman–Crippen LogP) is 4.08. The molecule has 25 heavy (non-hydrogen) atoms. The van der Waals surface area contributed by atoms with E-state index in [2.05, 4.69) is 39.3 Å². The standard InChI is InChI=1S/C20H20FN3O/c21-17-10-8-16(9-11-17)20-22-19(25-23-20)14-24-12-4-7-18(24)13-15-5-2-1-3-6-15/h1-3,5-6,8-11,18H,4,7,12-14H2/t18-/m1/s1. The summed E-state index contributed by atoms with van der Waals surface area (Å²) in [6, 6.07) is 17.2. The van der Waals surface area contributed by atoms with Crippen molar-refractivity contribution in [2.75, 3.05) is 6.54 Å². The Morgan fingerprint density at radius 1 is 1.08 bits per heavy atom. The maximum absolute atomic E-state index is 13.0. The molecule has 3 aromatic rings. The highest BCUT2D eigenvalue weighted by molar-refractivity contribution is 5.53. The second-order valence-corrected chi connectivity index (χ2v) is 6.47. The van der Waals surface area contributed by atoms with Gasteiger partial charge in [0.25, 0.3) is 0 Å². The first-order chi connectivity index (χ1) is 12.3. The van der Waals surface area contributed by atoms with Crippen LogP contribution in [0.15, 0.2) is 59.1 Å². The van der Waals surface area contributed by atoms with Gasteiger partial charge in [-0.2, -0.15) is 4.98 Å². The van der Waals surface area contributed by atoms with Gasteiger partial charge < -0.3 is 4.52 Å². The molecule has 4 rings (SSSR count). The maximum atomic E-state index is 13.0. The molecule has 1 saturated heterocycles. The number of rotatable bonds is 5.